The first-order valence-electron chi connectivity index (χ1n) is 4.84. The molecule has 1 aromatic carbocycles. The summed E-state index contributed by atoms with van der Waals surface area (Å²) in [5, 5.41) is 8.47. The number of amides is 1. The molecule has 0 unspecified atom stereocenters. The van der Waals surface area contributed by atoms with E-state index < -0.39 is 5.97 Å². The Morgan fingerprint density at radius 2 is 2.06 bits per heavy atom. The van der Waals surface area contributed by atoms with Crippen LogP contribution in [-0.4, -0.2) is 24.0 Å². The molecule has 0 spiro atoms. The minimum atomic E-state index is -0.977. The number of nitrogens with two attached hydrogens (primary N) is 1. The lowest BCUT2D eigenvalue weighted by molar-refractivity contribution is -0.138. The molecule has 0 atom stereocenters. The van der Waals surface area contributed by atoms with Crippen molar-refractivity contribution in [1.82, 2.24) is 0 Å². The average molecular weight is 222 g/mol. The monoisotopic (exact) mass is 222 g/mol. The van der Waals surface area contributed by atoms with E-state index in [9.17, 15) is 9.59 Å². The molecule has 16 heavy (non-hydrogen) atoms. The second-order valence-corrected chi connectivity index (χ2v) is 3.44. The number of carboxylic acids is 1. The molecular weight excluding hydrogens is 208 g/mol. The van der Waals surface area contributed by atoms with Gasteiger partial charge in [-0.25, -0.2) is 0 Å². The van der Waals surface area contributed by atoms with Gasteiger partial charge in [-0.3, -0.25) is 9.59 Å². The highest BCUT2D eigenvalue weighted by atomic mass is 16.4. The standard InChI is InChI=1S/C11H14N2O3/c1-13(10(14)5-6-11(15)16)9-4-2-3-8(12)7-9/h2-4,7H,5-6,12H2,1H3,(H,15,16). The van der Waals surface area contributed by atoms with Gasteiger partial charge in [-0.2, -0.15) is 0 Å². The van der Waals surface area contributed by atoms with Crippen LogP contribution in [0.4, 0.5) is 11.4 Å². The largest absolute Gasteiger partial charge is 0.481 e. The summed E-state index contributed by atoms with van der Waals surface area (Å²) in [4.78, 5) is 23.3. The SMILES string of the molecule is CN(C(=O)CCC(=O)O)c1cccc(N)c1. The third-order valence-electron chi connectivity index (χ3n) is 2.18. The molecule has 0 aliphatic rings. The van der Waals surface area contributed by atoms with Gasteiger partial charge >= 0.3 is 5.97 Å². The minimum absolute atomic E-state index is 0.0133. The number of nitrogens with zero attached hydrogens (tertiary/aromatic N) is 1. The van der Waals surface area contributed by atoms with Crippen LogP contribution < -0.4 is 10.6 Å². The predicted octanol–water partition coefficient (Wildman–Crippen LogP) is 1.10. The summed E-state index contributed by atoms with van der Waals surface area (Å²) in [6.45, 7) is 0. The summed E-state index contributed by atoms with van der Waals surface area (Å²) in [6.07, 6.45) is -0.174. The third-order valence-corrected chi connectivity index (χ3v) is 2.18. The molecule has 1 amide bonds. The van der Waals surface area contributed by atoms with Crippen molar-refractivity contribution in [3.05, 3.63) is 24.3 Å². The number of carbonyl (C=O) groups excluding carboxylic acids is 1. The molecule has 1 aromatic rings. The highest BCUT2D eigenvalue weighted by molar-refractivity contribution is 5.94. The van der Waals surface area contributed by atoms with E-state index in [1.807, 2.05) is 0 Å². The molecule has 5 nitrogen and oxygen atoms in total. The summed E-state index contributed by atoms with van der Waals surface area (Å²) in [6, 6.07) is 6.87. The molecule has 86 valence electrons. The number of nitrogen functional groups attached to an aromatic ring is 1. The quantitative estimate of drug-likeness (QED) is 0.747. The molecule has 0 aliphatic heterocycles. The van der Waals surface area contributed by atoms with Crippen LogP contribution in [0, 0.1) is 0 Å². The first-order valence-corrected chi connectivity index (χ1v) is 4.84. The fourth-order valence-corrected chi connectivity index (χ4v) is 1.26. The number of hydrogen-bond donors (Lipinski definition) is 2. The highest BCUT2D eigenvalue weighted by Crippen LogP contribution is 2.16. The van der Waals surface area contributed by atoms with Crippen molar-refractivity contribution in [2.75, 3.05) is 17.7 Å². The highest BCUT2D eigenvalue weighted by Gasteiger charge is 2.12. The Labute approximate surface area is 93.5 Å². The molecule has 3 N–H and O–H groups in total. The van der Waals surface area contributed by atoms with Gasteiger partial charge in [-0.1, -0.05) is 6.07 Å². The van der Waals surface area contributed by atoms with Gasteiger partial charge in [0.15, 0.2) is 0 Å². The van der Waals surface area contributed by atoms with E-state index in [0.29, 0.717) is 11.4 Å². The number of carboxylic acid groups (broad SMARTS) is 1. The zero-order chi connectivity index (χ0) is 12.1. The summed E-state index contributed by atoms with van der Waals surface area (Å²) >= 11 is 0. The fourth-order valence-electron chi connectivity index (χ4n) is 1.26. The molecule has 1 rings (SSSR count). The smallest absolute Gasteiger partial charge is 0.303 e. The van der Waals surface area contributed by atoms with Crippen LogP contribution in [0.25, 0.3) is 0 Å². The molecule has 0 radical (unpaired) electrons. The summed E-state index contributed by atoms with van der Waals surface area (Å²) in [5.74, 6) is -1.22. The lowest BCUT2D eigenvalue weighted by atomic mass is 10.2. The van der Waals surface area contributed by atoms with E-state index in [4.69, 9.17) is 10.8 Å². The van der Waals surface area contributed by atoms with Crippen molar-refractivity contribution >= 4 is 23.3 Å². The second-order valence-electron chi connectivity index (χ2n) is 3.44. The first kappa shape index (κ1) is 12.0. The van der Waals surface area contributed by atoms with E-state index >= 15 is 0 Å². The third kappa shape index (κ3) is 3.27. The van der Waals surface area contributed by atoms with Crippen LogP contribution in [0.3, 0.4) is 0 Å². The molecule has 0 saturated carbocycles. The second kappa shape index (κ2) is 5.16. The van der Waals surface area contributed by atoms with E-state index in [0.717, 1.165) is 0 Å². The molecule has 5 heteroatoms. The molecule has 0 fully saturated rings. The van der Waals surface area contributed by atoms with E-state index in [2.05, 4.69) is 0 Å². The Bertz CT molecular complexity index is 404. The van der Waals surface area contributed by atoms with Gasteiger partial charge in [0.25, 0.3) is 0 Å². The van der Waals surface area contributed by atoms with Crippen molar-refractivity contribution < 1.29 is 14.7 Å². The Kier molecular flexibility index (Phi) is 3.88. The van der Waals surface area contributed by atoms with Crippen LogP contribution in [0.15, 0.2) is 24.3 Å². The topological polar surface area (TPSA) is 83.6 Å². The molecule has 0 saturated heterocycles. The Hall–Kier alpha value is -2.04. The predicted molar refractivity (Wildman–Crippen MR) is 61.1 cm³/mol. The van der Waals surface area contributed by atoms with Gasteiger partial charge < -0.3 is 15.7 Å². The number of carbonyl (C=O) groups is 2. The van der Waals surface area contributed by atoms with Crippen LogP contribution in [0.5, 0.6) is 0 Å². The molecular formula is C11H14N2O3. The van der Waals surface area contributed by atoms with Gasteiger partial charge in [0, 0.05) is 24.8 Å². The maximum Gasteiger partial charge on any atom is 0.303 e. The maximum absolute atomic E-state index is 11.6. The Morgan fingerprint density at radius 1 is 1.38 bits per heavy atom. The van der Waals surface area contributed by atoms with Gasteiger partial charge in [0.2, 0.25) is 5.91 Å². The van der Waals surface area contributed by atoms with Crippen LogP contribution >= 0.6 is 0 Å². The van der Waals surface area contributed by atoms with Crippen LogP contribution in [-0.2, 0) is 9.59 Å². The summed E-state index contributed by atoms with van der Waals surface area (Å²) < 4.78 is 0. The molecule has 0 heterocycles. The lowest BCUT2D eigenvalue weighted by Gasteiger charge is -2.17. The number of benzene rings is 1. The summed E-state index contributed by atoms with van der Waals surface area (Å²) in [7, 11) is 1.60. The lowest BCUT2D eigenvalue weighted by Crippen LogP contribution is -2.26. The normalized spacial score (nSPS) is 9.81. The van der Waals surface area contributed by atoms with E-state index in [1.54, 1.807) is 31.3 Å². The van der Waals surface area contributed by atoms with Gasteiger partial charge in [-0.05, 0) is 18.2 Å². The Balaban J connectivity index is 2.66. The van der Waals surface area contributed by atoms with Crippen molar-refractivity contribution in [3.63, 3.8) is 0 Å². The van der Waals surface area contributed by atoms with Crippen molar-refractivity contribution in [2.45, 2.75) is 12.8 Å². The number of rotatable bonds is 4. The van der Waals surface area contributed by atoms with Gasteiger partial charge in [0.1, 0.15) is 0 Å². The molecule has 0 bridgehead atoms. The zero-order valence-corrected chi connectivity index (χ0v) is 9.01. The van der Waals surface area contributed by atoms with Gasteiger partial charge in [-0.15, -0.1) is 0 Å². The van der Waals surface area contributed by atoms with Crippen LogP contribution in [0.1, 0.15) is 12.8 Å². The average Bonchev–Trinajstić information content (AvgIpc) is 2.24. The van der Waals surface area contributed by atoms with Crippen LogP contribution in [0.2, 0.25) is 0 Å². The molecule has 0 aromatic heterocycles. The number of anilines is 2. The summed E-state index contributed by atoms with van der Waals surface area (Å²) in [5.41, 5.74) is 6.81. The maximum atomic E-state index is 11.6. The number of hydrogen-bond acceptors (Lipinski definition) is 3. The van der Waals surface area contributed by atoms with Gasteiger partial charge in [0.05, 0.1) is 6.42 Å². The molecule has 0 aliphatic carbocycles. The fraction of sp³-hybridized carbons (Fsp3) is 0.273. The van der Waals surface area contributed by atoms with E-state index in [-0.39, 0.29) is 18.7 Å². The zero-order valence-electron chi connectivity index (χ0n) is 9.01. The first-order chi connectivity index (χ1) is 7.50. The Morgan fingerprint density at radius 3 is 2.62 bits per heavy atom. The van der Waals surface area contributed by atoms with E-state index in [1.165, 1.54) is 4.90 Å². The minimum Gasteiger partial charge on any atom is -0.481 e. The van der Waals surface area contributed by atoms with Crippen molar-refractivity contribution in [2.24, 2.45) is 0 Å². The van der Waals surface area contributed by atoms with Crippen molar-refractivity contribution in [1.29, 1.82) is 0 Å². The van der Waals surface area contributed by atoms with Crippen molar-refractivity contribution in [3.8, 4) is 0 Å². The number of aliphatic carboxylic acids is 1.